The number of nitrogens with two attached hydrogens (primary N) is 1. The zero-order chi connectivity index (χ0) is 16.7. The SMILES string of the molecule is CC#CC(O)[C@@H]1C[C@@H](O)[C@H](n2c(=O)sc3c(=O)[nH]c(N)nc32)O1. The number of aliphatic hydroxyl groups is 2. The molecule has 0 amide bonds. The van der Waals surface area contributed by atoms with Crippen molar-refractivity contribution in [1.29, 1.82) is 0 Å². The van der Waals surface area contributed by atoms with E-state index < -0.39 is 35.0 Å². The molecule has 122 valence electrons. The van der Waals surface area contributed by atoms with E-state index in [0.717, 1.165) is 4.57 Å². The number of H-pyrrole nitrogens is 1. The maximum absolute atomic E-state index is 12.2. The Morgan fingerprint density at radius 3 is 3.00 bits per heavy atom. The fourth-order valence-electron chi connectivity index (χ4n) is 2.53. The second kappa shape index (κ2) is 5.78. The summed E-state index contributed by atoms with van der Waals surface area (Å²) in [5.41, 5.74) is 5.02. The van der Waals surface area contributed by atoms with E-state index in [1.54, 1.807) is 6.92 Å². The summed E-state index contributed by atoms with van der Waals surface area (Å²) >= 11 is 0.687. The van der Waals surface area contributed by atoms with Crippen LogP contribution < -0.4 is 16.2 Å². The number of ether oxygens (including phenoxy) is 1. The molecule has 9 nitrogen and oxygen atoms in total. The molecule has 2 aromatic rings. The number of nitrogens with zero attached hydrogens (tertiary/aromatic N) is 2. The number of aromatic nitrogens is 3. The van der Waals surface area contributed by atoms with E-state index in [4.69, 9.17) is 10.5 Å². The summed E-state index contributed by atoms with van der Waals surface area (Å²) in [6.45, 7) is 1.57. The van der Waals surface area contributed by atoms with Crippen LogP contribution in [-0.4, -0.2) is 43.1 Å². The summed E-state index contributed by atoms with van der Waals surface area (Å²) in [6, 6.07) is 0. The van der Waals surface area contributed by atoms with E-state index in [9.17, 15) is 19.8 Å². The molecule has 0 spiro atoms. The van der Waals surface area contributed by atoms with Crippen molar-refractivity contribution in [3.05, 3.63) is 20.0 Å². The molecule has 1 aliphatic rings. The lowest BCUT2D eigenvalue weighted by Gasteiger charge is -2.17. The van der Waals surface area contributed by atoms with Gasteiger partial charge in [-0.25, -0.2) is 0 Å². The molecule has 1 aliphatic heterocycles. The molecule has 1 unspecified atom stereocenters. The molecule has 0 radical (unpaired) electrons. The van der Waals surface area contributed by atoms with Crippen molar-refractivity contribution in [1.82, 2.24) is 14.5 Å². The molecule has 10 heteroatoms. The lowest BCUT2D eigenvalue weighted by molar-refractivity contribution is -0.0620. The maximum atomic E-state index is 12.2. The number of nitrogen functional groups attached to an aromatic ring is 1. The average Bonchev–Trinajstić information content (AvgIpc) is 2.99. The summed E-state index contributed by atoms with van der Waals surface area (Å²) in [4.78, 5) is 29.8. The Morgan fingerprint density at radius 2 is 2.30 bits per heavy atom. The van der Waals surface area contributed by atoms with Gasteiger partial charge in [0.2, 0.25) is 5.95 Å². The third-order valence-electron chi connectivity index (χ3n) is 3.51. The van der Waals surface area contributed by atoms with Crippen molar-refractivity contribution < 1.29 is 14.9 Å². The Balaban J connectivity index is 2.07. The number of thiazole rings is 1. The Morgan fingerprint density at radius 1 is 1.57 bits per heavy atom. The first-order valence-corrected chi connectivity index (χ1v) is 7.58. The van der Waals surface area contributed by atoms with Crippen LogP contribution in [0.1, 0.15) is 19.6 Å². The Hall–Kier alpha value is -2.19. The zero-order valence-electron chi connectivity index (χ0n) is 12.0. The maximum Gasteiger partial charge on any atom is 0.311 e. The van der Waals surface area contributed by atoms with Crippen LogP contribution in [-0.2, 0) is 4.74 Å². The van der Waals surface area contributed by atoms with Crippen LogP contribution >= 0.6 is 11.3 Å². The zero-order valence-corrected chi connectivity index (χ0v) is 12.8. The Kier molecular flexibility index (Phi) is 3.95. The predicted molar refractivity (Wildman–Crippen MR) is 82.9 cm³/mol. The topological polar surface area (TPSA) is 143 Å². The number of fused-ring (bicyclic) bond motifs is 1. The van der Waals surface area contributed by atoms with Gasteiger partial charge in [0.1, 0.15) is 23.0 Å². The quantitative estimate of drug-likeness (QED) is 0.501. The first-order chi connectivity index (χ1) is 10.9. The van der Waals surface area contributed by atoms with E-state index >= 15 is 0 Å². The second-order valence-corrected chi connectivity index (χ2v) is 6.01. The van der Waals surface area contributed by atoms with Gasteiger partial charge in [-0.3, -0.25) is 19.1 Å². The van der Waals surface area contributed by atoms with Gasteiger partial charge in [0.15, 0.2) is 11.9 Å². The van der Waals surface area contributed by atoms with Crippen LogP contribution in [0.4, 0.5) is 5.95 Å². The normalized spacial score (nSPS) is 25.3. The first-order valence-electron chi connectivity index (χ1n) is 6.77. The van der Waals surface area contributed by atoms with E-state index in [0.29, 0.717) is 11.3 Å². The number of nitrogens with one attached hydrogen (secondary N) is 1. The van der Waals surface area contributed by atoms with Gasteiger partial charge >= 0.3 is 4.87 Å². The van der Waals surface area contributed by atoms with Crippen LogP contribution in [0.25, 0.3) is 10.3 Å². The third-order valence-corrected chi connectivity index (χ3v) is 4.45. The monoisotopic (exact) mass is 338 g/mol. The molecule has 1 saturated heterocycles. The molecule has 2 aromatic heterocycles. The van der Waals surface area contributed by atoms with Crippen molar-refractivity contribution in [2.75, 3.05) is 5.73 Å². The minimum absolute atomic E-state index is 0.0435. The van der Waals surface area contributed by atoms with Crippen molar-refractivity contribution >= 4 is 27.6 Å². The number of hydrogen-bond acceptors (Lipinski definition) is 8. The van der Waals surface area contributed by atoms with Gasteiger partial charge in [0.25, 0.3) is 5.56 Å². The van der Waals surface area contributed by atoms with Crippen molar-refractivity contribution in [3.8, 4) is 11.8 Å². The predicted octanol–water partition coefficient (Wildman–Crippen LogP) is -1.24. The molecule has 3 heterocycles. The molecular formula is C13H14N4O5S. The number of hydrogen-bond donors (Lipinski definition) is 4. The van der Waals surface area contributed by atoms with Crippen LogP contribution in [0, 0.1) is 11.8 Å². The average molecular weight is 338 g/mol. The molecule has 0 bridgehead atoms. The van der Waals surface area contributed by atoms with E-state index in [-0.39, 0.29) is 22.7 Å². The summed E-state index contributed by atoms with van der Waals surface area (Å²) in [7, 11) is 0. The second-order valence-electron chi connectivity index (χ2n) is 5.05. The van der Waals surface area contributed by atoms with Crippen LogP contribution in [0.15, 0.2) is 9.59 Å². The lowest BCUT2D eigenvalue weighted by Crippen LogP contribution is -2.28. The fourth-order valence-corrected chi connectivity index (χ4v) is 3.37. The molecular weight excluding hydrogens is 324 g/mol. The first kappa shape index (κ1) is 15.7. The van der Waals surface area contributed by atoms with Gasteiger partial charge in [0.05, 0.1) is 0 Å². The highest BCUT2D eigenvalue weighted by Crippen LogP contribution is 2.31. The highest BCUT2D eigenvalue weighted by atomic mass is 32.1. The fraction of sp³-hybridized carbons (Fsp3) is 0.462. The number of aromatic amines is 1. The van der Waals surface area contributed by atoms with E-state index in [1.807, 2.05) is 0 Å². The van der Waals surface area contributed by atoms with Crippen LogP contribution in [0.5, 0.6) is 0 Å². The standard InChI is InChI=1S/C13H14N4O5S/c1-2-3-5(18)7-4-6(19)11(22-7)17-9-8(23-13(17)21)10(20)16-12(14)15-9/h5-7,11,18-19H,4H2,1H3,(H3,14,15,16,20)/t5?,6-,7+,11-/m1/s1. The minimum atomic E-state index is -1.08. The number of aliphatic hydroxyl groups excluding tert-OH is 2. The van der Waals surface area contributed by atoms with Gasteiger partial charge in [-0.1, -0.05) is 17.3 Å². The summed E-state index contributed by atoms with van der Waals surface area (Å²) < 4.78 is 6.76. The van der Waals surface area contributed by atoms with Crippen molar-refractivity contribution in [2.24, 2.45) is 0 Å². The van der Waals surface area contributed by atoms with Gasteiger partial charge in [0, 0.05) is 6.42 Å². The van der Waals surface area contributed by atoms with Gasteiger partial charge < -0.3 is 20.7 Å². The highest BCUT2D eigenvalue weighted by molar-refractivity contribution is 7.16. The minimum Gasteiger partial charge on any atom is -0.388 e. The molecule has 1 fully saturated rings. The molecule has 0 saturated carbocycles. The van der Waals surface area contributed by atoms with Gasteiger partial charge in [-0.05, 0) is 6.92 Å². The smallest absolute Gasteiger partial charge is 0.311 e. The number of anilines is 1. The lowest BCUT2D eigenvalue weighted by atomic mass is 10.1. The molecule has 0 aromatic carbocycles. The van der Waals surface area contributed by atoms with Crippen LogP contribution in [0.2, 0.25) is 0 Å². The van der Waals surface area contributed by atoms with Crippen molar-refractivity contribution in [3.63, 3.8) is 0 Å². The number of rotatable bonds is 2. The Bertz CT molecular complexity index is 920. The van der Waals surface area contributed by atoms with Crippen molar-refractivity contribution in [2.45, 2.75) is 37.9 Å². The summed E-state index contributed by atoms with van der Waals surface area (Å²) in [6.07, 6.45) is -3.84. The molecule has 0 aliphatic carbocycles. The third kappa shape index (κ3) is 2.64. The molecule has 5 N–H and O–H groups in total. The van der Waals surface area contributed by atoms with Crippen LogP contribution in [0.3, 0.4) is 0 Å². The van der Waals surface area contributed by atoms with E-state index in [2.05, 4.69) is 21.8 Å². The molecule has 4 atom stereocenters. The van der Waals surface area contributed by atoms with Gasteiger partial charge in [-0.2, -0.15) is 4.98 Å². The summed E-state index contributed by atoms with van der Waals surface area (Å²) in [5, 5.41) is 20.1. The Labute approximate surface area is 133 Å². The van der Waals surface area contributed by atoms with Gasteiger partial charge in [-0.15, -0.1) is 5.92 Å². The highest BCUT2D eigenvalue weighted by Gasteiger charge is 2.40. The summed E-state index contributed by atoms with van der Waals surface area (Å²) in [5.74, 6) is 4.96. The largest absolute Gasteiger partial charge is 0.388 e. The van der Waals surface area contributed by atoms with E-state index in [1.165, 1.54) is 0 Å². The molecule has 3 rings (SSSR count). The molecule has 23 heavy (non-hydrogen) atoms.